The molecule has 0 unspecified atom stereocenters. The molecule has 1 aromatic carbocycles. The highest BCUT2D eigenvalue weighted by Gasteiger charge is 2.24. The predicted octanol–water partition coefficient (Wildman–Crippen LogP) is 2.13. The number of amides is 2. The standard InChI is InChI=1S/C19H25N5O3S2/c1-13(2)27-15-6-4-14(5-7-15)17(26)23-8-10-24(11-9-23)18-21-22-19(29-18)28-12-16(25)20-3/h4-7,13H,8-12H2,1-3H3,(H,20,25). The number of benzene rings is 1. The first kappa shape index (κ1) is 21.4. The monoisotopic (exact) mass is 435 g/mol. The van der Waals surface area contributed by atoms with Gasteiger partial charge in [0.2, 0.25) is 11.0 Å². The molecule has 0 saturated carbocycles. The zero-order chi connectivity index (χ0) is 20.8. The number of carbonyl (C=O) groups excluding carboxylic acids is 2. The van der Waals surface area contributed by atoms with Gasteiger partial charge in [-0.3, -0.25) is 9.59 Å². The third kappa shape index (κ3) is 5.83. The predicted molar refractivity (Wildman–Crippen MR) is 115 cm³/mol. The van der Waals surface area contributed by atoms with Gasteiger partial charge in [0.25, 0.3) is 5.91 Å². The van der Waals surface area contributed by atoms with Gasteiger partial charge in [0.1, 0.15) is 5.75 Å². The quantitative estimate of drug-likeness (QED) is 0.667. The van der Waals surface area contributed by atoms with E-state index in [0.29, 0.717) is 37.5 Å². The molecule has 2 amide bonds. The number of rotatable bonds is 7. The smallest absolute Gasteiger partial charge is 0.253 e. The number of piperazine rings is 1. The molecule has 1 N–H and O–H groups in total. The van der Waals surface area contributed by atoms with Crippen molar-refractivity contribution in [3.63, 3.8) is 0 Å². The van der Waals surface area contributed by atoms with Gasteiger partial charge in [-0.05, 0) is 38.1 Å². The molecule has 156 valence electrons. The fourth-order valence-electron chi connectivity index (χ4n) is 2.82. The molecule has 2 aromatic rings. The highest BCUT2D eigenvalue weighted by molar-refractivity contribution is 8.01. The molecule has 3 rings (SSSR count). The van der Waals surface area contributed by atoms with Crippen molar-refractivity contribution in [3.8, 4) is 5.75 Å². The molecule has 0 spiro atoms. The van der Waals surface area contributed by atoms with E-state index in [-0.39, 0.29) is 17.9 Å². The Morgan fingerprint density at radius 2 is 1.86 bits per heavy atom. The molecule has 0 bridgehead atoms. The summed E-state index contributed by atoms with van der Waals surface area (Å²) in [5.74, 6) is 1.08. The Bertz CT molecular complexity index is 833. The summed E-state index contributed by atoms with van der Waals surface area (Å²) in [7, 11) is 1.61. The van der Waals surface area contributed by atoms with Gasteiger partial charge in [0.05, 0.1) is 11.9 Å². The summed E-state index contributed by atoms with van der Waals surface area (Å²) < 4.78 is 6.40. The van der Waals surface area contributed by atoms with Gasteiger partial charge >= 0.3 is 0 Å². The van der Waals surface area contributed by atoms with Crippen molar-refractivity contribution >= 4 is 40.0 Å². The summed E-state index contributed by atoms with van der Waals surface area (Å²) in [6.07, 6.45) is 0.104. The van der Waals surface area contributed by atoms with Gasteiger partial charge in [0, 0.05) is 38.8 Å². The van der Waals surface area contributed by atoms with Gasteiger partial charge < -0.3 is 19.9 Å². The van der Waals surface area contributed by atoms with E-state index in [1.54, 1.807) is 7.05 Å². The molecule has 0 radical (unpaired) electrons. The molecular formula is C19H25N5O3S2. The second-order valence-corrected chi connectivity index (χ2v) is 8.96. The lowest BCUT2D eigenvalue weighted by atomic mass is 10.1. The molecule has 0 atom stereocenters. The van der Waals surface area contributed by atoms with Crippen LogP contribution < -0.4 is 15.0 Å². The topological polar surface area (TPSA) is 87.7 Å². The first-order chi connectivity index (χ1) is 14.0. The molecule has 2 heterocycles. The minimum absolute atomic E-state index is 0.0276. The Balaban J connectivity index is 1.51. The maximum absolute atomic E-state index is 12.8. The zero-order valence-electron chi connectivity index (χ0n) is 16.8. The molecule has 10 heteroatoms. The van der Waals surface area contributed by atoms with Gasteiger partial charge in [0.15, 0.2) is 4.34 Å². The van der Waals surface area contributed by atoms with Crippen LogP contribution in [-0.2, 0) is 4.79 Å². The van der Waals surface area contributed by atoms with Crippen molar-refractivity contribution < 1.29 is 14.3 Å². The lowest BCUT2D eigenvalue weighted by Crippen LogP contribution is -2.48. The Morgan fingerprint density at radius 1 is 1.17 bits per heavy atom. The molecule has 1 aromatic heterocycles. The van der Waals surface area contributed by atoms with Crippen LogP contribution >= 0.6 is 23.1 Å². The second-order valence-electron chi connectivity index (χ2n) is 6.78. The van der Waals surface area contributed by atoms with Crippen molar-refractivity contribution in [2.75, 3.05) is 43.9 Å². The Kier molecular flexibility index (Phi) is 7.32. The third-order valence-electron chi connectivity index (χ3n) is 4.31. The highest BCUT2D eigenvalue weighted by Crippen LogP contribution is 2.28. The first-order valence-electron chi connectivity index (χ1n) is 9.44. The summed E-state index contributed by atoms with van der Waals surface area (Å²) in [5, 5.41) is 11.8. The summed E-state index contributed by atoms with van der Waals surface area (Å²) in [5.41, 5.74) is 0.665. The summed E-state index contributed by atoms with van der Waals surface area (Å²) in [6, 6.07) is 7.30. The normalized spacial score (nSPS) is 14.2. The van der Waals surface area contributed by atoms with Gasteiger partial charge in [-0.2, -0.15) is 0 Å². The van der Waals surface area contributed by atoms with Crippen molar-refractivity contribution in [2.24, 2.45) is 0 Å². The molecule has 1 fully saturated rings. The van der Waals surface area contributed by atoms with Crippen molar-refractivity contribution in [2.45, 2.75) is 24.3 Å². The maximum Gasteiger partial charge on any atom is 0.253 e. The van der Waals surface area contributed by atoms with E-state index in [4.69, 9.17) is 4.74 Å². The van der Waals surface area contributed by atoms with Gasteiger partial charge in [-0.1, -0.05) is 23.1 Å². The Hall–Kier alpha value is -2.33. The number of nitrogens with zero attached hydrogens (tertiary/aromatic N) is 4. The average molecular weight is 436 g/mol. The SMILES string of the molecule is CNC(=O)CSc1nnc(N2CCN(C(=O)c3ccc(OC(C)C)cc3)CC2)s1. The number of thioether (sulfide) groups is 1. The van der Waals surface area contributed by atoms with Crippen LogP contribution in [0.5, 0.6) is 5.75 Å². The fourth-order valence-corrected chi connectivity index (χ4v) is 4.58. The Labute approximate surface area is 178 Å². The fraction of sp³-hybridized carbons (Fsp3) is 0.474. The molecule has 29 heavy (non-hydrogen) atoms. The van der Waals surface area contributed by atoms with E-state index in [9.17, 15) is 9.59 Å². The molecule has 8 nitrogen and oxygen atoms in total. The zero-order valence-corrected chi connectivity index (χ0v) is 18.4. The molecule has 0 aliphatic carbocycles. The van der Waals surface area contributed by atoms with Gasteiger partial charge in [-0.25, -0.2) is 0 Å². The van der Waals surface area contributed by atoms with Crippen LogP contribution in [0.1, 0.15) is 24.2 Å². The minimum Gasteiger partial charge on any atom is -0.491 e. The second kappa shape index (κ2) is 9.93. The lowest BCUT2D eigenvalue weighted by Gasteiger charge is -2.34. The van der Waals surface area contributed by atoms with Crippen LogP contribution in [0.3, 0.4) is 0 Å². The van der Waals surface area contributed by atoms with E-state index >= 15 is 0 Å². The lowest BCUT2D eigenvalue weighted by molar-refractivity contribution is -0.118. The summed E-state index contributed by atoms with van der Waals surface area (Å²) >= 11 is 2.85. The number of ether oxygens (including phenoxy) is 1. The Morgan fingerprint density at radius 3 is 2.48 bits per heavy atom. The molecule has 1 saturated heterocycles. The number of hydrogen-bond acceptors (Lipinski definition) is 8. The van der Waals surface area contributed by atoms with E-state index in [0.717, 1.165) is 15.2 Å². The molecule has 1 aliphatic rings. The van der Waals surface area contributed by atoms with E-state index < -0.39 is 0 Å². The van der Waals surface area contributed by atoms with Crippen molar-refractivity contribution in [1.29, 1.82) is 0 Å². The summed E-state index contributed by atoms with van der Waals surface area (Å²) in [6.45, 7) is 6.61. The van der Waals surface area contributed by atoms with Crippen LogP contribution in [0, 0.1) is 0 Å². The number of hydrogen-bond donors (Lipinski definition) is 1. The van der Waals surface area contributed by atoms with Gasteiger partial charge in [-0.15, -0.1) is 10.2 Å². The minimum atomic E-state index is -0.0392. The van der Waals surface area contributed by atoms with Crippen LogP contribution in [0.2, 0.25) is 0 Å². The number of nitrogens with one attached hydrogen (secondary N) is 1. The maximum atomic E-state index is 12.8. The molecular weight excluding hydrogens is 410 g/mol. The van der Waals surface area contributed by atoms with Crippen LogP contribution in [0.25, 0.3) is 0 Å². The van der Waals surface area contributed by atoms with Crippen molar-refractivity contribution in [3.05, 3.63) is 29.8 Å². The largest absolute Gasteiger partial charge is 0.491 e. The van der Waals surface area contributed by atoms with E-state index in [1.807, 2.05) is 43.0 Å². The molecule has 1 aliphatic heterocycles. The van der Waals surface area contributed by atoms with Crippen molar-refractivity contribution in [1.82, 2.24) is 20.4 Å². The number of carbonyl (C=O) groups is 2. The average Bonchev–Trinajstić information content (AvgIpc) is 3.21. The van der Waals surface area contributed by atoms with Crippen LogP contribution in [0.15, 0.2) is 28.6 Å². The first-order valence-corrected chi connectivity index (χ1v) is 11.2. The number of aromatic nitrogens is 2. The van der Waals surface area contributed by atoms with Crippen LogP contribution in [-0.4, -0.2) is 72.0 Å². The summed E-state index contributed by atoms with van der Waals surface area (Å²) in [4.78, 5) is 28.1. The van der Waals surface area contributed by atoms with E-state index in [1.165, 1.54) is 23.1 Å². The third-order valence-corrected chi connectivity index (χ3v) is 6.43. The number of anilines is 1. The highest BCUT2D eigenvalue weighted by atomic mass is 32.2. The van der Waals surface area contributed by atoms with Crippen LogP contribution in [0.4, 0.5) is 5.13 Å². The van der Waals surface area contributed by atoms with E-state index in [2.05, 4.69) is 20.4 Å².